The van der Waals surface area contributed by atoms with Crippen molar-refractivity contribution >= 4 is 11.8 Å². The molecule has 0 amide bonds. The maximum absolute atomic E-state index is 10.8. The SMILES string of the molecule is COC(=O)[C@@H](O)[C@H](O)[C@H](O)[C@@H](O)C(=O)CO. The molecule has 94 valence electrons. The van der Waals surface area contributed by atoms with E-state index in [2.05, 4.69) is 4.74 Å². The normalized spacial score (nSPS) is 18.4. The molecule has 0 spiro atoms. The van der Waals surface area contributed by atoms with Crippen molar-refractivity contribution in [1.29, 1.82) is 0 Å². The largest absolute Gasteiger partial charge is 0.467 e. The van der Waals surface area contributed by atoms with E-state index in [9.17, 15) is 19.8 Å². The lowest BCUT2D eigenvalue weighted by atomic mass is 10.0. The van der Waals surface area contributed by atoms with Crippen molar-refractivity contribution < 1.29 is 39.9 Å². The predicted molar refractivity (Wildman–Crippen MR) is 48.1 cm³/mol. The minimum atomic E-state index is -2.10. The Morgan fingerprint density at radius 3 is 1.88 bits per heavy atom. The number of ketones is 1. The number of methoxy groups -OCH3 is 1. The number of hydrogen-bond acceptors (Lipinski definition) is 8. The zero-order valence-corrected chi connectivity index (χ0v) is 8.48. The predicted octanol–water partition coefficient (Wildman–Crippen LogP) is -3.84. The quantitative estimate of drug-likeness (QED) is 0.296. The minimum Gasteiger partial charge on any atom is -0.467 e. The summed E-state index contributed by atoms with van der Waals surface area (Å²) in [6.45, 7) is -1.04. The Bertz CT molecular complexity index is 226. The van der Waals surface area contributed by atoms with Crippen LogP contribution in [-0.4, -0.2) is 75.4 Å². The van der Waals surface area contributed by atoms with E-state index in [1.165, 1.54) is 0 Å². The van der Waals surface area contributed by atoms with Crippen LogP contribution in [0.5, 0.6) is 0 Å². The van der Waals surface area contributed by atoms with Crippen molar-refractivity contribution in [2.24, 2.45) is 0 Å². The topological polar surface area (TPSA) is 145 Å². The Morgan fingerprint density at radius 1 is 1.06 bits per heavy atom. The van der Waals surface area contributed by atoms with Gasteiger partial charge in [-0.15, -0.1) is 0 Å². The Labute approximate surface area is 90.7 Å². The summed E-state index contributed by atoms with van der Waals surface area (Å²) in [6.07, 6.45) is -8.40. The van der Waals surface area contributed by atoms with Gasteiger partial charge in [-0.3, -0.25) is 4.79 Å². The van der Waals surface area contributed by atoms with Gasteiger partial charge in [0.05, 0.1) is 7.11 Å². The van der Waals surface area contributed by atoms with Crippen LogP contribution in [0.4, 0.5) is 0 Å². The first-order chi connectivity index (χ1) is 7.36. The molecule has 0 radical (unpaired) electrons. The molecule has 0 fully saturated rings. The van der Waals surface area contributed by atoms with E-state index < -0.39 is 42.8 Å². The molecule has 0 saturated heterocycles. The average Bonchev–Trinajstić information content (AvgIpc) is 2.32. The molecular formula is C8H14O8. The molecule has 0 aromatic rings. The van der Waals surface area contributed by atoms with Gasteiger partial charge in [0, 0.05) is 0 Å². The summed E-state index contributed by atoms with van der Waals surface area (Å²) in [5.41, 5.74) is 0. The number of carbonyl (C=O) groups is 2. The highest BCUT2D eigenvalue weighted by Crippen LogP contribution is 2.07. The van der Waals surface area contributed by atoms with Crippen molar-refractivity contribution in [1.82, 2.24) is 0 Å². The second-order valence-electron chi connectivity index (χ2n) is 3.02. The van der Waals surface area contributed by atoms with Gasteiger partial charge in [0.2, 0.25) is 0 Å². The molecule has 5 N–H and O–H groups in total. The smallest absolute Gasteiger partial charge is 0.337 e. The molecule has 0 unspecified atom stereocenters. The average molecular weight is 238 g/mol. The van der Waals surface area contributed by atoms with Crippen LogP contribution in [0.1, 0.15) is 0 Å². The lowest BCUT2D eigenvalue weighted by Crippen LogP contribution is -2.50. The third-order valence-electron chi connectivity index (χ3n) is 1.93. The van der Waals surface area contributed by atoms with E-state index in [0.29, 0.717) is 0 Å². The molecule has 0 aliphatic heterocycles. The summed E-state index contributed by atoms with van der Waals surface area (Å²) in [4.78, 5) is 21.5. The molecular weight excluding hydrogens is 224 g/mol. The fraction of sp³-hybridized carbons (Fsp3) is 0.750. The van der Waals surface area contributed by atoms with Crippen LogP contribution in [0.3, 0.4) is 0 Å². The molecule has 0 aliphatic carbocycles. The third kappa shape index (κ3) is 3.51. The standard InChI is InChI=1S/C8H14O8/c1-16-8(15)7(14)6(13)5(12)4(11)3(10)2-9/h4-7,9,11-14H,2H2,1H3/t4-,5+,6+,7-/m0/s1. The summed E-state index contributed by atoms with van der Waals surface area (Å²) in [5, 5.41) is 45.0. The van der Waals surface area contributed by atoms with Crippen molar-refractivity contribution in [2.45, 2.75) is 24.4 Å². The molecule has 4 atom stereocenters. The maximum atomic E-state index is 10.8. The van der Waals surface area contributed by atoms with E-state index >= 15 is 0 Å². The summed E-state index contributed by atoms with van der Waals surface area (Å²) in [7, 11) is 0.944. The van der Waals surface area contributed by atoms with E-state index in [4.69, 9.17) is 15.3 Å². The van der Waals surface area contributed by atoms with Gasteiger partial charge in [-0.25, -0.2) is 4.79 Å². The lowest BCUT2D eigenvalue weighted by molar-refractivity contribution is -0.169. The summed E-state index contributed by atoms with van der Waals surface area (Å²) in [6, 6.07) is 0. The zero-order valence-electron chi connectivity index (χ0n) is 8.48. The lowest BCUT2D eigenvalue weighted by Gasteiger charge is -2.23. The van der Waals surface area contributed by atoms with E-state index in [0.717, 1.165) is 7.11 Å². The second-order valence-corrected chi connectivity index (χ2v) is 3.02. The number of ether oxygens (including phenoxy) is 1. The molecule has 0 saturated carbocycles. The molecule has 16 heavy (non-hydrogen) atoms. The number of aliphatic hydroxyl groups is 5. The summed E-state index contributed by atoms with van der Waals surface area (Å²) < 4.78 is 4.07. The van der Waals surface area contributed by atoms with Crippen molar-refractivity contribution in [3.05, 3.63) is 0 Å². The second kappa shape index (κ2) is 6.51. The number of Topliss-reactive ketones (excluding diaryl/α,β-unsaturated/α-hetero) is 1. The van der Waals surface area contributed by atoms with Crippen LogP contribution >= 0.6 is 0 Å². The van der Waals surface area contributed by atoms with Crippen LogP contribution in [-0.2, 0) is 14.3 Å². The van der Waals surface area contributed by atoms with E-state index in [-0.39, 0.29) is 0 Å². The van der Waals surface area contributed by atoms with E-state index in [1.807, 2.05) is 0 Å². The maximum Gasteiger partial charge on any atom is 0.337 e. The fourth-order valence-electron chi connectivity index (χ4n) is 0.918. The Morgan fingerprint density at radius 2 is 1.50 bits per heavy atom. The van der Waals surface area contributed by atoms with Crippen molar-refractivity contribution in [2.75, 3.05) is 13.7 Å². The molecule has 8 heteroatoms. The van der Waals surface area contributed by atoms with Gasteiger partial charge in [-0.1, -0.05) is 0 Å². The molecule has 0 bridgehead atoms. The van der Waals surface area contributed by atoms with Gasteiger partial charge in [-0.05, 0) is 0 Å². The first kappa shape index (κ1) is 14.9. The Kier molecular flexibility index (Phi) is 6.08. The van der Waals surface area contributed by atoms with Gasteiger partial charge < -0.3 is 30.3 Å². The van der Waals surface area contributed by atoms with Crippen LogP contribution in [0.25, 0.3) is 0 Å². The molecule has 8 nitrogen and oxygen atoms in total. The summed E-state index contributed by atoms with van der Waals surface area (Å²) in [5.74, 6) is -2.38. The van der Waals surface area contributed by atoms with Crippen LogP contribution < -0.4 is 0 Å². The van der Waals surface area contributed by atoms with E-state index in [1.54, 1.807) is 0 Å². The van der Waals surface area contributed by atoms with Crippen molar-refractivity contribution in [3.8, 4) is 0 Å². The van der Waals surface area contributed by atoms with Gasteiger partial charge in [-0.2, -0.15) is 0 Å². The highest BCUT2D eigenvalue weighted by Gasteiger charge is 2.37. The molecule has 0 aliphatic rings. The zero-order chi connectivity index (χ0) is 12.9. The van der Waals surface area contributed by atoms with Crippen molar-refractivity contribution in [3.63, 3.8) is 0 Å². The summed E-state index contributed by atoms with van der Waals surface area (Å²) >= 11 is 0. The molecule has 0 aromatic heterocycles. The first-order valence-corrected chi connectivity index (χ1v) is 4.30. The van der Waals surface area contributed by atoms with Gasteiger partial charge in [0.15, 0.2) is 11.9 Å². The third-order valence-corrected chi connectivity index (χ3v) is 1.93. The monoisotopic (exact) mass is 238 g/mol. The van der Waals surface area contributed by atoms with Crippen LogP contribution in [0.2, 0.25) is 0 Å². The molecule has 0 rings (SSSR count). The first-order valence-electron chi connectivity index (χ1n) is 4.30. The molecule has 0 heterocycles. The van der Waals surface area contributed by atoms with Crippen LogP contribution in [0.15, 0.2) is 0 Å². The number of rotatable bonds is 6. The minimum absolute atomic E-state index is 0.944. The van der Waals surface area contributed by atoms with Gasteiger partial charge >= 0.3 is 5.97 Å². The Balaban J connectivity index is 4.54. The highest BCUT2D eigenvalue weighted by atomic mass is 16.5. The van der Waals surface area contributed by atoms with Gasteiger partial charge in [0.25, 0.3) is 0 Å². The Hall–Kier alpha value is -1.06. The number of esters is 1. The number of carbonyl (C=O) groups excluding carboxylic acids is 2. The van der Waals surface area contributed by atoms with Crippen LogP contribution in [0, 0.1) is 0 Å². The van der Waals surface area contributed by atoms with Gasteiger partial charge in [0.1, 0.15) is 24.9 Å². The highest BCUT2D eigenvalue weighted by molar-refractivity contribution is 5.84. The number of hydrogen-bond donors (Lipinski definition) is 5. The number of aliphatic hydroxyl groups excluding tert-OH is 5. The fourth-order valence-corrected chi connectivity index (χ4v) is 0.918. The molecule has 0 aromatic carbocycles.